The van der Waals surface area contributed by atoms with Gasteiger partial charge in [0.15, 0.2) is 0 Å². The van der Waals surface area contributed by atoms with Crippen LogP contribution >= 0.6 is 0 Å². The molecule has 1 heteroatoms. The van der Waals surface area contributed by atoms with Crippen LogP contribution in [0.5, 0.6) is 5.75 Å². The van der Waals surface area contributed by atoms with Crippen molar-refractivity contribution in [2.75, 3.05) is 0 Å². The molecule has 0 amide bonds. The minimum atomic E-state index is 0.412. The molecule has 1 nitrogen and oxygen atoms in total. The highest BCUT2D eigenvalue weighted by Crippen LogP contribution is 2.31. The third kappa shape index (κ3) is 3.00. The third-order valence-electron chi connectivity index (χ3n) is 3.61. The minimum Gasteiger partial charge on any atom is -0.508 e. The zero-order valence-corrected chi connectivity index (χ0v) is 10.4. The second-order valence-electron chi connectivity index (χ2n) is 4.99. The van der Waals surface area contributed by atoms with Crippen LogP contribution in [0.4, 0.5) is 0 Å². The molecule has 1 aromatic carbocycles. The largest absolute Gasteiger partial charge is 0.508 e. The smallest absolute Gasteiger partial charge is 0.119 e. The normalized spacial score (nSPS) is 19.8. The van der Waals surface area contributed by atoms with E-state index in [0.717, 1.165) is 24.8 Å². The van der Waals surface area contributed by atoms with E-state index < -0.39 is 0 Å². The Kier molecular flexibility index (Phi) is 3.68. The topological polar surface area (TPSA) is 20.2 Å². The Hall–Kier alpha value is -1.50. The number of phenols is 1. The van der Waals surface area contributed by atoms with Crippen molar-refractivity contribution in [2.45, 2.75) is 32.6 Å². The Labute approximate surface area is 103 Å². The van der Waals surface area contributed by atoms with Crippen LogP contribution in [0.1, 0.15) is 31.7 Å². The highest BCUT2D eigenvalue weighted by atomic mass is 16.3. The van der Waals surface area contributed by atoms with Crippen molar-refractivity contribution in [3.8, 4) is 5.75 Å². The van der Waals surface area contributed by atoms with E-state index in [1.54, 1.807) is 6.07 Å². The zero-order valence-electron chi connectivity index (χ0n) is 10.4. The van der Waals surface area contributed by atoms with Crippen molar-refractivity contribution in [2.24, 2.45) is 5.92 Å². The standard InChI is InChI=1S/C16H20O/c1-12(2)14-9-7-13(8-10-14)11-15-5-3-4-6-16(15)17/h3-7,14,17H,1,8-11H2,2H3. The Bertz CT molecular complexity index is 443. The van der Waals surface area contributed by atoms with E-state index in [4.69, 9.17) is 0 Å². The summed E-state index contributed by atoms with van der Waals surface area (Å²) < 4.78 is 0. The maximum Gasteiger partial charge on any atom is 0.119 e. The molecule has 0 spiro atoms. The van der Waals surface area contributed by atoms with Gasteiger partial charge < -0.3 is 5.11 Å². The number of allylic oxidation sites excluding steroid dienone is 3. The third-order valence-corrected chi connectivity index (χ3v) is 3.61. The number of phenolic OH excluding ortho intramolecular Hbond substituents is 1. The molecular formula is C16H20O. The maximum atomic E-state index is 9.74. The minimum absolute atomic E-state index is 0.412. The molecule has 1 aromatic rings. The number of hydrogen-bond donors (Lipinski definition) is 1. The van der Waals surface area contributed by atoms with Crippen LogP contribution in [0.3, 0.4) is 0 Å². The van der Waals surface area contributed by atoms with Gasteiger partial charge in [-0.05, 0) is 50.2 Å². The lowest BCUT2D eigenvalue weighted by Gasteiger charge is -2.22. The Morgan fingerprint density at radius 3 is 2.76 bits per heavy atom. The Balaban J connectivity index is 2.02. The molecule has 1 atom stereocenters. The quantitative estimate of drug-likeness (QED) is 0.767. The summed E-state index contributed by atoms with van der Waals surface area (Å²) >= 11 is 0. The van der Waals surface area contributed by atoms with Crippen molar-refractivity contribution in [3.63, 3.8) is 0 Å². The van der Waals surface area contributed by atoms with E-state index in [2.05, 4.69) is 19.6 Å². The van der Waals surface area contributed by atoms with Crippen molar-refractivity contribution in [1.29, 1.82) is 0 Å². The lowest BCUT2D eigenvalue weighted by Crippen LogP contribution is -2.07. The molecule has 0 aromatic heterocycles. The van der Waals surface area contributed by atoms with Gasteiger partial charge in [0.2, 0.25) is 0 Å². The second-order valence-corrected chi connectivity index (χ2v) is 4.99. The number of aromatic hydroxyl groups is 1. The maximum absolute atomic E-state index is 9.74. The summed E-state index contributed by atoms with van der Waals surface area (Å²) in [5.74, 6) is 1.07. The van der Waals surface area contributed by atoms with Crippen LogP contribution in [-0.4, -0.2) is 5.11 Å². The monoisotopic (exact) mass is 228 g/mol. The van der Waals surface area contributed by atoms with Crippen LogP contribution in [-0.2, 0) is 6.42 Å². The highest BCUT2D eigenvalue weighted by Gasteiger charge is 2.15. The average Bonchev–Trinajstić information content (AvgIpc) is 2.33. The molecule has 0 saturated carbocycles. The van der Waals surface area contributed by atoms with Gasteiger partial charge in [-0.3, -0.25) is 0 Å². The number of rotatable bonds is 3. The van der Waals surface area contributed by atoms with Gasteiger partial charge >= 0.3 is 0 Å². The SMILES string of the molecule is C=C(C)C1CC=C(Cc2ccccc2O)CC1. The summed E-state index contributed by atoms with van der Waals surface area (Å²) in [7, 11) is 0. The van der Waals surface area contributed by atoms with Crippen LogP contribution in [0, 0.1) is 5.92 Å². The van der Waals surface area contributed by atoms with E-state index in [0.29, 0.717) is 11.7 Å². The molecule has 0 fully saturated rings. The molecule has 2 rings (SSSR count). The van der Waals surface area contributed by atoms with Gasteiger partial charge in [0.25, 0.3) is 0 Å². The van der Waals surface area contributed by atoms with Gasteiger partial charge in [0.05, 0.1) is 0 Å². The summed E-state index contributed by atoms with van der Waals surface area (Å²) in [6.45, 7) is 6.15. The van der Waals surface area contributed by atoms with Crippen LogP contribution < -0.4 is 0 Å². The van der Waals surface area contributed by atoms with E-state index in [-0.39, 0.29) is 0 Å². The molecule has 0 saturated heterocycles. The molecule has 1 N–H and O–H groups in total. The summed E-state index contributed by atoms with van der Waals surface area (Å²) in [6.07, 6.45) is 6.66. The van der Waals surface area contributed by atoms with E-state index in [1.165, 1.54) is 17.6 Å². The lowest BCUT2D eigenvalue weighted by atomic mass is 9.84. The van der Waals surface area contributed by atoms with Gasteiger partial charge in [-0.25, -0.2) is 0 Å². The van der Waals surface area contributed by atoms with E-state index in [1.807, 2.05) is 18.2 Å². The molecule has 17 heavy (non-hydrogen) atoms. The summed E-state index contributed by atoms with van der Waals surface area (Å²) in [6, 6.07) is 7.61. The highest BCUT2D eigenvalue weighted by molar-refractivity contribution is 5.35. The van der Waals surface area contributed by atoms with Gasteiger partial charge in [-0.15, -0.1) is 0 Å². The van der Waals surface area contributed by atoms with Crippen molar-refractivity contribution in [3.05, 3.63) is 53.6 Å². The number of benzene rings is 1. The predicted octanol–water partition coefficient (Wildman–Crippen LogP) is 4.24. The fraction of sp³-hybridized carbons (Fsp3) is 0.375. The molecule has 0 radical (unpaired) electrons. The summed E-state index contributed by atoms with van der Waals surface area (Å²) in [4.78, 5) is 0. The fourth-order valence-corrected chi connectivity index (χ4v) is 2.40. The van der Waals surface area contributed by atoms with Crippen LogP contribution in [0.25, 0.3) is 0 Å². The number of para-hydroxylation sites is 1. The average molecular weight is 228 g/mol. The van der Waals surface area contributed by atoms with Gasteiger partial charge in [0, 0.05) is 0 Å². The fourth-order valence-electron chi connectivity index (χ4n) is 2.40. The first-order chi connectivity index (χ1) is 8.16. The first-order valence-corrected chi connectivity index (χ1v) is 6.27. The van der Waals surface area contributed by atoms with Crippen molar-refractivity contribution < 1.29 is 5.11 Å². The molecule has 0 aliphatic heterocycles. The van der Waals surface area contributed by atoms with Gasteiger partial charge in [-0.1, -0.05) is 42.0 Å². The lowest BCUT2D eigenvalue weighted by molar-refractivity contribution is 0.467. The molecule has 0 heterocycles. The molecule has 1 aliphatic carbocycles. The summed E-state index contributed by atoms with van der Waals surface area (Å²) in [5.41, 5.74) is 3.78. The predicted molar refractivity (Wildman–Crippen MR) is 72.0 cm³/mol. The summed E-state index contributed by atoms with van der Waals surface area (Å²) in [5, 5.41) is 9.74. The van der Waals surface area contributed by atoms with Gasteiger partial charge in [-0.2, -0.15) is 0 Å². The molecule has 1 unspecified atom stereocenters. The van der Waals surface area contributed by atoms with E-state index >= 15 is 0 Å². The first kappa shape index (κ1) is 12.0. The zero-order chi connectivity index (χ0) is 12.3. The molecule has 1 aliphatic rings. The Morgan fingerprint density at radius 1 is 1.41 bits per heavy atom. The first-order valence-electron chi connectivity index (χ1n) is 6.27. The molecule has 0 bridgehead atoms. The van der Waals surface area contributed by atoms with Crippen molar-refractivity contribution >= 4 is 0 Å². The number of hydrogen-bond acceptors (Lipinski definition) is 1. The molecule has 90 valence electrons. The van der Waals surface area contributed by atoms with Crippen molar-refractivity contribution in [1.82, 2.24) is 0 Å². The molecular weight excluding hydrogens is 208 g/mol. The van der Waals surface area contributed by atoms with Crippen LogP contribution in [0.15, 0.2) is 48.1 Å². The van der Waals surface area contributed by atoms with Crippen LogP contribution in [0.2, 0.25) is 0 Å². The van der Waals surface area contributed by atoms with E-state index in [9.17, 15) is 5.11 Å². The Morgan fingerprint density at radius 2 is 2.18 bits per heavy atom. The van der Waals surface area contributed by atoms with Gasteiger partial charge in [0.1, 0.15) is 5.75 Å². The second kappa shape index (κ2) is 5.22.